The Morgan fingerprint density at radius 1 is 1.32 bits per heavy atom. The summed E-state index contributed by atoms with van der Waals surface area (Å²) in [4.78, 5) is 39.6. The van der Waals surface area contributed by atoms with E-state index in [9.17, 15) is 9.59 Å². The molecule has 1 atom stereocenters. The Balaban J connectivity index is 2.29. The fraction of sp³-hybridized carbons (Fsp3) is 0.700. The zero-order chi connectivity index (χ0) is 21.2. The minimum atomic E-state index is -0.910. The van der Waals surface area contributed by atoms with Crippen LogP contribution in [0.4, 0.5) is 5.82 Å². The molecule has 156 valence electrons. The zero-order valence-corrected chi connectivity index (χ0v) is 18.3. The fourth-order valence-corrected chi connectivity index (χ4v) is 3.27. The molecule has 1 saturated heterocycles. The molecular formula is C20H33N5O3. The third kappa shape index (κ3) is 4.79. The molecule has 0 bridgehead atoms. The number of carbonyl (C=O) groups is 2. The third-order valence-corrected chi connectivity index (χ3v) is 5.19. The van der Waals surface area contributed by atoms with E-state index in [4.69, 9.17) is 9.72 Å². The Kier molecular flexibility index (Phi) is 6.64. The lowest BCUT2D eigenvalue weighted by Gasteiger charge is -2.28. The van der Waals surface area contributed by atoms with Crippen molar-refractivity contribution in [1.82, 2.24) is 19.8 Å². The van der Waals surface area contributed by atoms with Crippen molar-refractivity contribution in [2.45, 2.75) is 58.2 Å². The molecule has 1 aliphatic heterocycles. The van der Waals surface area contributed by atoms with Crippen LogP contribution in [0.2, 0.25) is 0 Å². The molecule has 0 spiro atoms. The molecule has 0 unspecified atom stereocenters. The summed E-state index contributed by atoms with van der Waals surface area (Å²) in [6.45, 7) is 8.45. The van der Waals surface area contributed by atoms with Gasteiger partial charge in [0, 0.05) is 59.2 Å². The van der Waals surface area contributed by atoms with Gasteiger partial charge in [0.15, 0.2) is 0 Å². The second-order valence-corrected chi connectivity index (χ2v) is 8.38. The van der Waals surface area contributed by atoms with E-state index in [1.165, 1.54) is 7.11 Å². The molecule has 8 heteroatoms. The molecule has 2 amide bonds. The van der Waals surface area contributed by atoms with Crippen LogP contribution in [0.15, 0.2) is 6.07 Å². The van der Waals surface area contributed by atoms with Crippen molar-refractivity contribution in [2.24, 2.45) is 0 Å². The number of methoxy groups -OCH3 is 1. The van der Waals surface area contributed by atoms with E-state index < -0.39 is 5.60 Å². The van der Waals surface area contributed by atoms with Crippen molar-refractivity contribution in [3.63, 3.8) is 0 Å². The van der Waals surface area contributed by atoms with Gasteiger partial charge < -0.3 is 19.4 Å². The van der Waals surface area contributed by atoms with Gasteiger partial charge in [-0.05, 0) is 27.7 Å². The molecule has 1 aromatic heterocycles. The molecule has 0 saturated carbocycles. The fourth-order valence-electron chi connectivity index (χ4n) is 3.27. The minimum Gasteiger partial charge on any atom is -0.369 e. The zero-order valence-electron chi connectivity index (χ0n) is 18.3. The van der Waals surface area contributed by atoms with Crippen LogP contribution in [0.5, 0.6) is 0 Å². The third-order valence-electron chi connectivity index (χ3n) is 5.19. The SMILES string of the molecule is COC(C)(C)C(=O)N(C)Cc1nc([C@@H]2CC(=O)N(C(C)C)C2)cc(N(C)C)n1. The van der Waals surface area contributed by atoms with E-state index in [-0.39, 0.29) is 30.3 Å². The maximum absolute atomic E-state index is 12.6. The van der Waals surface area contributed by atoms with Crippen LogP contribution < -0.4 is 4.90 Å². The Labute approximate surface area is 167 Å². The van der Waals surface area contributed by atoms with Crippen LogP contribution >= 0.6 is 0 Å². The molecule has 0 aromatic carbocycles. The van der Waals surface area contributed by atoms with Crippen LogP contribution in [-0.4, -0.2) is 78.0 Å². The Bertz CT molecular complexity index is 733. The number of likely N-dealkylation sites (N-methyl/N-ethyl adjacent to an activating group) is 1. The van der Waals surface area contributed by atoms with Crippen molar-refractivity contribution in [3.05, 3.63) is 17.6 Å². The van der Waals surface area contributed by atoms with Crippen molar-refractivity contribution >= 4 is 17.6 Å². The minimum absolute atomic E-state index is 0.0340. The average Bonchev–Trinajstić information content (AvgIpc) is 3.02. The maximum atomic E-state index is 12.6. The largest absolute Gasteiger partial charge is 0.369 e. The average molecular weight is 392 g/mol. The molecule has 0 N–H and O–H groups in total. The van der Waals surface area contributed by atoms with Gasteiger partial charge in [-0.1, -0.05) is 0 Å². The van der Waals surface area contributed by atoms with Crippen LogP contribution in [-0.2, 0) is 20.9 Å². The molecule has 2 rings (SSSR count). The summed E-state index contributed by atoms with van der Waals surface area (Å²) < 4.78 is 5.29. The highest BCUT2D eigenvalue weighted by molar-refractivity contribution is 5.84. The number of ether oxygens (including phenoxy) is 1. The summed E-state index contributed by atoms with van der Waals surface area (Å²) >= 11 is 0. The van der Waals surface area contributed by atoms with Crippen molar-refractivity contribution < 1.29 is 14.3 Å². The quantitative estimate of drug-likeness (QED) is 0.703. The van der Waals surface area contributed by atoms with E-state index >= 15 is 0 Å². The van der Waals surface area contributed by atoms with Crippen molar-refractivity contribution in [1.29, 1.82) is 0 Å². The number of amides is 2. The summed E-state index contributed by atoms with van der Waals surface area (Å²) in [5.74, 6) is 1.37. The molecule has 28 heavy (non-hydrogen) atoms. The van der Waals surface area contributed by atoms with Gasteiger partial charge in [0.05, 0.1) is 12.2 Å². The molecule has 2 heterocycles. The van der Waals surface area contributed by atoms with E-state index in [2.05, 4.69) is 4.98 Å². The maximum Gasteiger partial charge on any atom is 0.254 e. The van der Waals surface area contributed by atoms with Gasteiger partial charge in [0.1, 0.15) is 17.2 Å². The van der Waals surface area contributed by atoms with E-state index in [0.717, 1.165) is 11.5 Å². The Morgan fingerprint density at radius 2 is 1.96 bits per heavy atom. The summed E-state index contributed by atoms with van der Waals surface area (Å²) in [5, 5.41) is 0. The molecule has 0 radical (unpaired) electrons. The summed E-state index contributed by atoms with van der Waals surface area (Å²) in [6, 6.07) is 2.11. The highest BCUT2D eigenvalue weighted by Gasteiger charge is 2.34. The lowest BCUT2D eigenvalue weighted by Crippen LogP contribution is -2.44. The Morgan fingerprint density at radius 3 is 2.46 bits per heavy atom. The van der Waals surface area contributed by atoms with E-state index in [0.29, 0.717) is 18.8 Å². The van der Waals surface area contributed by atoms with Crippen molar-refractivity contribution in [2.75, 3.05) is 39.7 Å². The van der Waals surface area contributed by atoms with Crippen LogP contribution in [0.25, 0.3) is 0 Å². The normalized spacial score (nSPS) is 17.4. The number of rotatable bonds is 7. The smallest absolute Gasteiger partial charge is 0.254 e. The van der Waals surface area contributed by atoms with Gasteiger partial charge in [0.2, 0.25) is 5.91 Å². The first-order chi connectivity index (χ1) is 13.0. The lowest BCUT2D eigenvalue weighted by atomic mass is 10.0. The highest BCUT2D eigenvalue weighted by Crippen LogP contribution is 2.30. The first-order valence-corrected chi connectivity index (χ1v) is 9.61. The number of aromatic nitrogens is 2. The monoisotopic (exact) mass is 391 g/mol. The predicted octanol–water partition coefficient (Wildman–Crippen LogP) is 1.65. The second-order valence-electron chi connectivity index (χ2n) is 8.38. The summed E-state index contributed by atoms with van der Waals surface area (Å²) in [6.07, 6.45) is 0.451. The number of hydrogen-bond acceptors (Lipinski definition) is 6. The molecular weight excluding hydrogens is 358 g/mol. The van der Waals surface area contributed by atoms with Gasteiger partial charge in [0.25, 0.3) is 5.91 Å². The lowest BCUT2D eigenvalue weighted by molar-refractivity contribution is -0.150. The van der Waals surface area contributed by atoms with E-state index in [1.807, 2.05) is 43.8 Å². The number of anilines is 1. The molecule has 1 aliphatic rings. The Hall–Kier alpha value is -2.22. The predicted molar refractivity (Wildman–Crippen MR) is 108 cm³/mol. The number of hydrogen-bond donors (Lipinski definition) is 0. The van der Waals surface area contributed by atoms with Gasteiger partial charge in [-0.2, -0.15) is 0 Å². The van der Waals surface area contributed by atoms with Crippen LogP contribution in [0.1, 0.15) is 51.6 Å². The second kappa shape index (κ2) is 8.43. The van der Waals surface area contributed by atoms with Gasteiger partial charge in [-0.15, -0.1) is 0 Å². The first-order valence-electron chi connectivity index (χ1n) is 9.61. The number of carbonyl (C=O) groups excluding carboxylic acids is 2. The molecule has 8 nitrogen and oxygen atoms in total. The van der Waals surface area contributed by atoms with Gasteiger partial charge in [-0.25, -0.2) is 9.97 Å². The topological polar surface area (TPSA) is 78.9 Å². The van der Waals surface area contributed by atoms with Crippen molar-refractivity contribution in [3.8, 4) is 0 Å². The van der Waals surface area contributed by atoms with Gasteiger partial charge >= 0.3 is 0 Å². The first kappa shape index (κ1) is 22.1. The molecule has 1 fully saturated rings. The summed E-state index contributed by atoms with van der Waals surface area (Å²) in [5.41, 5.74) is -0.0659. The standard InChI is InChI=1S/C20H33N5O3/c1-13(2)25-11-14(9-18(25)26)15-10-17(23(5)6)22-16(21-15)12-24(7)19(27)20(3,4)28-8/h10,13-14H,9,11-12H2,1-8H3/t14-/m1/s1. The number of likely N-dealkylation sites (tertiary alicyclic amines) is 1. The molecule has 0 aliphatic carbocycles. The molecule has 1 aromatic rings. The van der Waals surface area contributed by atoms with E-state index in [1.54, 1.807) is 25.8 Å². The number of nitrogens with zero attached hydrogens (tertiary/aromatic N) is 5. The summed E-state index contributed by atoms with van der Waals surface area (Å²) in [7, 11) is 7.07. The highest BCUT2D eigenvalue weighted by atomic mass is 16.5. The van der Waals surface area contributed by atoms with Crippen LogP contribution in [0, 0.1) is 0 Å². The van der Waals surface area contributed by atoms with Gasteiger partial charge in [-0.3, -0.25) is 9.59 Å². The van der Waals surface area contributed by atoms with Crippen LogP contribution in [0.3, 0.4) is 0 Å².